The lowest BCUT2D eigenvalue weighted by Gasteiger charge is -2.23. The molecule has 1 atom stereocenters. The topological polar surface area (TPSA) is 55.4 Å². The second-order valence-corrected chi connectivity index (χ2v) is 8.92. The predicted octanol–water partition coefficient (Wildman–Crippen LogP) is 5.77. The monoisotopic (exact) mass is 433 g/mol. The number of nitrogens with one attached hydrogen (secondary N) is 1. The van der Waals surface area contributed by atoms with Gasteiger partial charge < -0.3 is 10.1 Å². The van der Waals surface area contributed by atoms with Crippen molar-refractivity contribution in [2.45, 2.75) is 44.9 Å². The number of aryl methyl sites for hydroxylation is 1. The van der Waals surface area contributed by atoms with E-state index in [2.05, 4.69) is 29.6 Å². The van der Waals surface area contributed by atoms with Crippen LogP contribution in [0.2, 0.25) is 0 Å². The van der Waals surface area contributed by atoms with Crippen molar-refractivity contribution in [1.29, 1.82) is 0 Å². The summed E-state index contributed by atoms with van der Waals surface area (Å²) < 4.78 is 5.33. The van der Waals surface area contributed by atoms with Gasteiger partial charge in [0.15, 0.2) is 0 Å². The number of hydrogen-bond acceptors (Lipinski definition) is 4. The zero-order valence-electron chi connectivity index (χ0n) is 17.7. The number of benzene rings is 2. The van der Waals surface area contributed by atoms with Gasteiger partial charge in [0.2, 0.25) is 5.91 Å². The van der Waals surface area contributed by atoms with Crippen LogP contribution in [0.5, 0.6) is 0 Å². The molecule has 0 saturated carbocycles. The van der Waals surface area contributed by atoms with Gasteiger partial charge in [-0.3, -0.25) is 4.79 Å². The summed E-state index contributed by atoms with van der Waals surface area (Å²) >= 11 is 1.53. The molecule has 5 heteroatoms. The fraction of sp³-hybridized carbons (Fsp3) is 0.308. The standard InChI is InChI=1S/C26H27NO3S/c1-2-30-26(29)24-21-15-14-20(19-11-7-4-8-12-19)17-22(21)31-25(24)27-23(28)16-13-18-9-5-3-6-10-18/h3-12,20H,2,13-17H2,1H3,(H,27,28)/t20-/m0/s1. The Morgan fingerprint density at radius 2 is 1.77 bits per heavy atom. The van der Waals surface area contributed by atoms with Crippen molar-refractivity contribution in [2.75, 3.05) is 11.9 Å². The summed E-state index contributed by atoms with van der Waals surface area (Å²) in [6.07, 6.45) is 3.74. The van der Waals surface area contributed by atoms with Crippen LogP contribution in [0.4, 0.5) is 5.00 Å². The Kier molecular flexibility index (Phi) is 6.82. The van der Waals surface area contributed by atoms with Crippen LogP contribution in [0.3, 0.4) is 0 Å². The lowest BCUT2D eigenvalue weighted by Crippen LogP contribution is -2.17. The first kappa shape index (κ1) is 21.3. The van der Waals surface area contributed by atoms with Gasteiger partial charge in [-0.2, -0.15) is 0 Å². The summed E-state index contributed by atoms with van der Waals surface area (Å²) in [6, 6.07) is 20.5. The molecule has 0 unspecified atom stereocenters. The Morgan fingerprint density at radius 3 is 2.48 bits per heavy atom. The van der Waals surface area contributed by atoms with Crippen LogP contribution in [0.25, 0.3) is 0 Å². The maximum Gasteiger partial charge on any atom is 0.341 e. The average molecular weight is 434 g/mol. The average Bonchev–Trinajstić information content (AvgIpc) is 3.16. The maximum atomic E-state index is 12.7. The molecule has 2 aromatic carbocycles. The van der Waals surface area contributed by atoms with E-state index < -0.39 is 0 Å². The van der Waals surface area contributed by atoms with Crippen molar-refractivity contribution < 1.29 is 14.3 Å². The quantitative estimate of drug-likeness (QED) is 0.481. The summed E-state index contributed by atoms with van der Waals surface area (Å²) in [4.78, 5) is 26.6. The second kappa shape index (κ2) is 9.92. The minimum Gasteiger partial charge on any atom is -0.462 e. The number of fused-ring (bicyclic) bond motifs is 1. The van der Waals surface area contributed by atoms with Crippen LogP contribution < -0.4 is 5.32 Å². The Balaban J connectivity index is 1.53. The lowest BCUT2D eigenvalue weighted by atomic mass is 9.83. The number of anilines is 1. The van der Waals surface area contributed by atoms with E-state index in [9.17, 15) is 9.59 Å². The molecule has 1 aromatic heterocycles. The van der Waals surface area contributed by atoms with Crippen molar-refractivity contribution >= 4 is 28.2 Å². The summed E-state index contributed by atoms with van der Waals surface area (Å²) in [6.45, 7) is 2.12. The van der Waals surface area contributed by atoms with E-state index in [0.29, 0.717) is 35.9 Å². The number of amides is 1. The summed E-state index contributed by atoms with van der Waals surface area (Å²) in [5.74, 6) is 0.0214. The normalized spacial score (nSPS) is 15.2. The SMILES string of the molecule is CCOC(=O)c1c(NC(=O)CCc2ccccc2)sc2c1CC[C@H](c1ccccc1)C2. The van der Waals surface area contributed by atoms with E-state index in [-0.39, 0.29) is 11.9 Å². The number of carbonyl (C=O) groups is 2. The van der Waals surface area contributed by atoms with E-state index in [1.54, 1.807) is 6.92 Å². The van der Waals surface area contributed by atoms with Gasteiger partial charge in [0.05, 0.1) is 12.2 Å². The van der Waals surface area contributed by atoms with E-state index in [4.69, 9.17) is 4.74 Å². The van der Waals surface area contributed by atoms with E-state index in [0.717, 1.165) is 30.4 Å². The smallest absolute Gasteiger partial charge is 0.341 e. The molecule has 0 radical (unpaired) electrons. The van der Waals surface area contributed by atoms with Crippen molar-refractivity contribution in [1.82, 2.24) is 0 Å². The van der Waals surface area contributed by atoms with Gasteiger partial charge in [-0.25, -0.2) is 4.79 Å². The second-order valence-electron chi connectivity index (χ2n) is 7.81. The maximum absolute atomic E-state index is 12.7. The Labute approximate surface area is 187 Å². The number of carbonyl (C=O) groups excluding carboxylic acids is 2. The van der Waals surface area contributed by atoms with Crippen molar-refractivity contribution in [3.8, 4) is 0 Å². The third-order valence-corrected chi connectivity index (χ3v) is 6.92. The third kappa shape index (κ3) is 5.05. The number of rotatable bonds is 7. The molecule has 1 aliphatic carbocycles. The molecule has 1 heterocycles. The number of ether oxygens (including phenoxy) is 1. The Bertz CT molecular complexity index is 1040. The van der Waals surface area contributed by atoms with Crippen LogP contribution >= 0.6 is 11.3 Å². The van der Waals surface area contributed by atoms with Crippen LogP contribution in [-0.2, 0) is 28.8 Å². The molecule has 160 valence electrons. The van der Waals surface area contributed by atoms with Crippen molar-refractivity contribution in [3.63, 3.8) is 0 Å². The van der Waals surface area contributed by atoms with Gasteiger partial charge in [0.25, 0.3) is 0 Å². The number of esters is 1. The fourth-order valence-electron chi connectivity index (χ4n) is 4.19. The zero-order valence-corrected chi connectivity index (χ0v) is 18.5. The third-order valence-electron chi connectivity index (χ3n) is 5.75. The minimum absolute atomic E-state index is 0.0763. The molecular weight excluding hydrogens is 406 g/mol. The molecule has 0 saturated heterocycles. The first-order valence-electron chi connectivity index (χ1n) is 10.9. The van der Waals surface area contributed by atoms with E-state index in [1.807, 2.05) is 36.4 Å². The largest absolute Gasteiger partial charge is 0.462 e. The highest BCUT2D eigenvalue weighted by atomic mass is 32.1. The van der Waals surface area contributed by atoms with Gasteiger partial charge in [-0.05, 0) is 55.2 Å². The van der Waals surface area contributed by atoms with Gasteiger partial charge >= 0.3 is 5.97 Å². The molecule has 0 bridgehead atoms. The van der Waals surface area contributed by atoms with Crippen molar-refractivity contribution in [3.05, 3.63) is 87.8 Å². The summed E-state index contributed by atoms with van der Waals surface area (Å²) in [5.41, 5.74) is 4.06. The van der Waals surface area contributed by atoms with Crippen LogP contribution in [0, 0.1) is 0 Å². The molecule has 4 nitrogen and oxygen atoms in total. The highest BCUT2D eigenvalue weighted by Crippen LogP contribution is 2.42. The molecule has 1 amide bonds. The molecule has 0 fully saturated rings. The van der Waals surface area contributed by atoms with E-state index >= 15 is 0 Å². The van der Waals surface area contributed by atoms with Gasteiger partial charge in [-0.15, -0.1) is 11.3 Å². The Morgan fingerprint density at radius 1 is 1.06 bits per heavy atom. The molecule has 4 rings (SSSR count). The van der Waals surface area contributed by atoms with Gasteiger partial charge in [-0.1, -0.05) is 60.7 Å². The molecule has 1 N–H and O–H groups in total. The van der Waals surface area contributed by atoms with Crippen LogP contribution in [0.15, 0.2) is 60.7 Å². The molecule has 3 aromatic rings. The number of thiophene rings is 1. The first-order valence-corrected chi connectivity index (χ1v) is 11.7. The summed E-state index contributed by atoms with van der Waals surface area (Å²) in [5, 5.41) is 3.65. The fourth-order valence-corrected chi connectivity index (χ4v) is 5.53. The molecule has 1 aliphatic rings. The van der Waals surface area contributed by atoms with E-state index in [1.165, 1.54) is 21.8 Å². The lowest BCUT2D eigenvalue weighted by molar-refractivity contribution is -0.116. The van der Waals surface area contributed by atoms with Crippen LogP contribution in [-0.4, -0.2) is 18.5 Å². The van der Waals surface area contributed by atoms with Gasteiger partial charge in [0, 0.05) is 11.3 Å². The minimum atomic E-state index is -0.337. The summed E-state index contributed by atoms with van der Waals surface area (Å²) in [7, 11) is 0. The van der Waals surface area contributed by atoms with Crippen molar-refractivity contribution in [2.24, 2.45) is 0 Å². The van der Waals surface area contributed by atoms with Crippen LogP contribution in [0.1, 0.15) is 57.6 Å². The zero-order chi connectivity index (χ0) is 21.6. The molecular formula is C26H27NO3S. The molecule has 0 aliphatic heterocycles. The molecule has 0 spiro atoms. The highest BCUT2D eigenvalue weighted by molar-refractivity contribution is 7.17. The first-order chi connectivity index (χ1) is 15.2. The Hall–Kier alpha value is -2.92. The van der Waals surface area contributed by atoms with Gasteiger partial charge in [0.1, 0.15) is 5.00 Å². The highest BCUT2D eigenvalue weighted by Gasteiger charge is 2.30. The predicted molar refractivity (Wildman–Crippen MR) is 125 cm³/mol. The molecule has 31 heavy (non-hydrogen) atoms. The number of hydrogen-bond donors (Lipinski definition) is 1.